The minimum Gasteiger partial charge on any atom is -0.452 e. The van der Waals surface area contributed by atoms with E-state index in [0.717, 1.165) is 5.75 Å². The highest BCUT2D eigenvalue weighted by Gasteiger charge is 2.18. The van der Waals surface area contributed by atoms with Gasteiger partial charge in [-0.05, 0) is 42.6 Å². The maximum Gasteiger partial charge on any atom is 0.316 e. The minimum absolute atomic E-state index is 0.201. The third-order valence-electron chi connectivity index (χ3n) is 3.00. The quantitative estimate of drug-likeness (QED) is 0.765. The van der Waals surface area contributed by atoms with Crippen LogP contribution in [0, 0.1) is 11.3 Å². The Balaban J connectivity index is 1.73. The lowest BCUT2D eigenvalue weighted by molar-refractivity contribution is -0.150. The average Bonchev–Trinajstić information content (AvgIpc) is 3.08. The van der Waals surface area contributed by atoms with Gasteiger partial charge >= 0.3 is 5.97 Å². The molecule has 1 amide bonds. The molecule has 0 aliphatic carbocycles. The number of amides is 1. The maximum atomic E-state index is 12.0. The molecule has 1 aromatic carbocycles. The summed E-state index contributed by atoms with van der Waals surface area (Å²) in [6.07, 6.45) is -0.879. The Morgan fingerprint density at radius 1 is 1.33 bits per heavy atom. The van der Waals surface area contributed by atoms with E-state index in [9.17, 15) is 9.59 Å². The molecule has 24 heavy (non-hydrogen) atoms. The van der Waals surface area contributed by atoms with E-state index in [4.69, 9.17) is 10.00 Å². The van der Waals surface area contributed by atoms with Gasteiger partial charge in [0.2, 0.25) is 0 Å². The number of thiophene rings is 1. The van der Waals surface area contributed by atoms with Crippen molar-refractivity contribution < 1.29 is 14.3 Å². The van der Waals surface area contributed by atoms with Crippen molar-refractivity contribution in [3.8, 4) is 6.07 Å². The standard InChI is InChI=1S/C17H16N2O3S2/c1-12(17(21)19-14-6-4-13(9-18)5-7-14)22-16(20)11-23-10-15-3-2-8-24-15/h2-8,12H,10-11H2,1H3,(H,19,21)/t12-/m1/s1. The maximum absolute atomic E-state index is 12.0. The van der Waals surface area contributed by atoms with Crippen LogP contribution in [0.15, 0.2) is 41.8 Å². The second-order valence-corrected chi connectivity index (χ2v) is 6.90. The van der Waals surface area contributed by atoms with Gasteiger partial charge in [0.15, 0.2) is 6.10 Å². The highest BCUT2D eigenvalue weighted by atomic mass is 32.2. The van der Waals surface area contributed by atoms with Crippen LogP contribution in [0.4, 0.5) is 5.69 Å². The van der Waals surface area contributed by atoms with Gasteiger partial charge in [0.05, 0.1) is 17.4 Å². The van der Waals surface area contributed by atoms with Gasteiger partial charge in [0.25, 0.3) is 5.91 Å². The highest BCUT2D eigenvalue weighted by Crippen LogP contribution is 2.17. The number of nitrogens with zero attached hydrogens (tertiary/aromatic N) is 1. The topological polar surface area (TPSA) is 79.2 Å². The third kappa shape index (κ3) is 5.72. The van der Waals surface area contributed by atoms with Gasteiger partial charge in [-0.3, -0.25) is 9.59 Å². The van der Waals surface area contributed by atoms with Gasteiger partial charge in [0, 0.05) is 16.3 Å². The van der Waals surface area contributed by atoms with Crippen LogP contribution in [0.2, 0.25) is 0 Å². The van der Waals surface area contributed by atoms with E-state index in [2.05, 4.69) is 5.32 Å². The van der Waals surface area contributed by atoms with Crippen molar-refractivity contribution in [1.82, 2.24) is 0 Å². The molecule has 124 valence electrons. The summed E-state index contributed by atoms with van der Waals surface area (Å²) in [6, 6.07) is 12.4. The number of hydrogen-bond donors (Lipinski definition) is 1. The van der Waals surface area contributed by atoms with Crippen LogP contribution in [0.3, 0.4) is 0 Å². The van der Waals surface area contributed by atoms with E-state index in [1.807, 2.05) is 23.6 Å². The van der Waals surface area contributed by atoms with Gasteiger partial charge in [-0.2, -0.15) is 5.26 Å². The summed E-state index contributed by atoms with van der Waals surface area (Å²) < 4.78 is 5.13. The second kappa shape index (κ2) is 9.11. The number of hydrogen-bond acceptors (Lipinski definition) is 6. The van der Waals surface area contributed by atoms with Gasteiger partial charge in [0.1, 0.15) is 0 Å². The van der Waals surface area contributed by atoms with Crippen LogP contribution < -0.4 is 5.32 Å². The molecule has 0 spiro atoms. The van der Waals surface area contributed by atoms with Crippen molar-refractivity contribution in [2.45, 2.75) is 18.8 Å². The van der Waals surface area contributed by atoms with Crippen LogP contribution >= 0.6 is 23.1 Å². The molecular formula is C17H16N2O3S2. The molecule has 1 heterocycles. The molecule has 1 atom stereocenters. The van der Waals surface area contributed by atoms with Crippen LogP contribution in [-0.2, 0) is 20.1 Å². The van der Waals surface area contributed by atoms with Crippen molar-refractivity contribution >= 4 is 40.7 Å². The summed E-state index contributed by atoms with van der Waals surface area (Å²) in [5.74, 6) is 0.126. The molecule has 0 saturated carbocycles. The Morgan fingerprint density at radius 3 is 2.71 bits per heavy atom. The second-order valence-electron chi connectivity index (χ2n) is 4.88. The summed E-state index contributed by atoms with van der Waals surface area (Å²) in [5, 5.41) is 13.4. The lowest BCUT2D eigenvalue weighted by Crippen LogP contribution is -2.30. The van der Waals surface area contributed by atoms with Crippen LogP contribution in [0.1, 0.15) is 17.4 Å². The van der Waals surface area contributed by atoms with Gasteiger partial charge in [-0.15, -0.1) is 23.1 Å². The molecule has 2 rings (SSSR count). The lowest BCUT2D eigenvalue weighted by atomic mass is 10.2. The normalized spacial score (nSPS) is 11.3. The smallest absolute Gasteiger partial charge is 0.316 e. The molecule has 0 unspecified atom stereocenters. The molecule has 7 heteroatoms. The first kappa shape index (κ1) is 18.0. The zero-order chi connectivity index (χ0) is 17.4. The molecule has 0 radical (unpaired) electrons. The Morgan fingerprint density at radius 2 is 2.08 bits per heavy atom. The van der Waals surface area contributed by atoms with Crippen molar-refractivity contribution in [2.75, 3.05) is 11.1 Å². The van der Waals surface area contributed by atoms with E-state index in [-0.39, 0.29) is 5.75 Å². The fourth-order valence-electron chi connectivity index (χ4n) is 1.79. The summed E-state index contributed by atoms with van der Waals surface area (Å²) in [6.45, 7) is 1.53. The van der Waals surface area contributed by atoms with Crippen molar-refractivity contribution in [1.29, 1.82) is 5.26 Å². The zero-order valence-electron chi connectivity index (χ0n) is 13.0. The van der Waals surface area contributed by atoms with Crippen LogP contribution in [0.25, 0.3) is 0 Å². The van der Waals surface area contributed by atoms with Crippen LogP contribution in [0.5, 0.6) is 0 Å². The monoisotopic (exact) mass is 360 g/mol. The largest absolute Gasteiger partial charge is 0.452 e. The summed E-state index contributed by atoms with van der Waals surface area (Å²) in [7, 11) is 0. The fourth-order valence-corrected chi connectivity index (χ4v) is 3.43. The van der Waals surface area contributed by atoms with Gasteiger partial charge in [-0.25, -0.2) is 0 Å². The molecule has 0 saturated heterocycles. The zero-order valence-corrected chi connectivity index (χ0v) is 14.7. The van der Waals surface area contributed by atoms with Crippen molar-refractivity contribution in [2.24, 2.45) is 0 Å². The van der Waals surface area contributed by atoms with E-state index in [1.54, 1.807) is 35.6 Å². The number of thioether (sulfide) groups is 1. The Bertz CT molecular complexity index is 721. The predicted molar refractivity (Wildman–Crippen MR) is 95.8 cm³/mol. The minimum atomic E-state index is -0.879. The van der Waals surface area contributed by atoms with Crippen LogP contribution in [-0.4, -0.2) is 23.7 Å². The molecule has 0 aliphatic heterocycles. The van der Waals surface area contributed by atoms with Gasteiger partial charge in [-0.1, -0.05) is 6.07 Å². The number of carbonyl (C=O) groups excluding carboxylic acids is 2. The molecule has 0 bridgehead atoms. The van der Waals surface area contributed by atoms with Crippen molar-refractivity contribution in [3.05, 3.63) is 52.2 Å². The van der Waals surface area contributed by atoms with Gasteiger partial charge < -0.3 is 10.1 Å². The number of rotatable bonds is 7. The number of anilines is 1. The molecule has 0 fully saturated rings. The molecule has 1 N–H and O–H groups in total. The predicted octanol–water partition coefficient (Wildman–Crippen LogP) is 3.42. The molecule has 1 aromatic heterocycles. The van der Waals surface area contributed by atoms with Crippen molar-refractivity contribution in [3.63, 3.8) is 0 Å². The fraction of sp³-hybridized carbons (Fsp3) is 0.235. The number of carbonyl (C=O) groups is 2. The first-order valence-corrected chi connectivity index (χ1v) is 9.22. The number of ether oxygens (including phenoxy) is 1. The Hall–Kier alpha value is -2.30. The summed E-state index contributed by atoms with van der Waals surface area (Å²) >= 11 is 3.09. The number of nitrogens with one attached hydrogen (secondary N) is 1. The lowest BCUT2D eigenvalue weighted by Gasteiger charge is -2.13. The van der Waals surface area contributed by atoms with E-state index in [1.165, 1.54) is 23.6 Å². The first-order valence-electron chi connectivity index (χ1n) is 7.19. The SMILES string of the molecule is C[C@@H](OC(=O)CSCc1cccs1)C(=O)Nc1ccc(C#N)cc1. The number of esters is 1. The van der Waals surface area contributed by atoms with E-state index >= 15 is 0 Å². The Labute approximate surface area is 148 Å². The third-order valence-corrected chi connectivity index (χ3v) is 5.02. The Kier molecular flexibility index (Phi) is 6.85. The molecule has 5 nitrogen and oxygen atoms in total. The summed E-state index contributed by atoms with van der Waals surface area (Å²) in [5.41, 5.74) is 1.06. The highest BCUT2D eigenvalue weighted by molar-refractivity contribution is 7.99. The number of nitriles is 1. The first-order chi connectivity index (χ1) is 11.6. The molecule has 2 aromatic rings. The molecular weight excluding hydrogens is 344 g/mol. The summed E-state index contributed by atoms with van der Waals surface area (Å²) in [4.78, 5) is 25.0. The average molecular weight is 360 g/mol. The number of benzene rings is 1. The molecule has 0 aliphatic rings. The van der Waals surface area contributed by atoms with E-state index < -0.39 is 18.0 Å². The van der Waals surface area contributed by atoms with E-state index in [0.29, 0.717) is 11.3 Å².